The van der Waals surface area contributed by atoms with Gasteiger partial charge in [0.25, 0.3) is 5.56 Å². The van der Waals surface area contributed by atoms with E-state index >= 15 is 0 Å². The summed E-state index contributed by atoms with van der Waals surface area (Å²) < 4.78 is 1.90. The van der Waals surface area contributed by atoms with Gasteiger partial charge in [-0.15, -0.1) is 11.3 Å². The smallest absolute Gasteiger partial charge is 0.263 e. The Bertz CT molecular complexity index is 701. The van der Waals surface area contributed by atoms with Crippen molar-refractivity contribution >= 4 is 33.3 Å². The summed E-state index contributed by atoms with van der Waals surface area (Å²) in [6.45, 7) is 2.11. The molecule has 3 heterocycles. The Morgan fingerprint density at radius 1 is 1.33 bits per heavy atom. The summed E-state index contributed by atoms with van der Waals surface area (Å²) in [4.78, 5) is 19.8. The number of rotatable bonds is 0. The lowest BCUT2D eigenvalue weighted by Crippen LogP contribution is -2.23. The minimum Gasteiger partial charge on any atom is -0.283 e. The maximum atomic E-state index is 12.7. The van der Waals surface area contributed by atoms with E-state index in [1.54, 1.807) is 23.1 Å². The second-order valence-electron chi connectivity index (χ2n) is 5.12. The monoisotopic (exact) mass is 278 g/mol. The molecule has 0 N–H and O–H groups in total. The van der Waals surface area contributed by atoms with Gasteiger partial charge in [0.15, 0.2) is 5.16 Å². The predicted octanol–water partition coefficient (Wildman–Crippen LogP) is 3.00. The van der Waals surface area contributed by atoms with Crippen molar-refractivity contribution in [1.82, 2.24) is 9.55 Å². The van der Waals surface area contributed by atoms with Gasteiger partial charge in [-0.1, -0.05) is 11.8 Å². The van der Waals surface area contributed by atoms with Crippen molar-refractivity contribution < 1.29 is 0 Å². The van der Waals surface area contributed by atoms with Crippen LogP contribution in [0.4, 0.5) is 0 Å². The lowest BCUT2D eigenvalue weighted by atomic mass is 9.97. The van der Waals surface area contributed by atoms with Crippen LogP contribution >= 0.6 is 23.1 Å². The lowest BCUT2D eigenvalue weighted by molar-refractivity contribution is 0.551. The molecule has 0 saturated carbocycles. The van der Waals surface area contributed by atoms with Gasteiger partial charge in [0.1, 0.15) is 4.83 Å². The van der Waals surface area contributed by atoms with Crippen molar-refractivity contribution in [3.63, 3.8) is 0 Å². The van der Waals surface area contributed by atoms with Crippen molar-refractivity contribution in [3.05, 3.63) is 20.8 Å². The Morgan fingerprint density at radius 2 is 2.17 bits per heavy atom. The van der Waals surface area contributed by atoms with Crippen LogP contribution in [0.1, 0.15) is 36.2 Å². The second-order valence-corrected chi connectivity index (χ2v) is 7.19. The zero-order chi connectivity index (χ0) is 12.3. The molecule has 2 aliphatic rings. The molecule has 1 aliphatic heterocycles. The van der Waals surface area contributed by atoms with Crippen molar-refractivity contribution in [1.29, 1.82) is 0 Å². The number of aryl methyl sites for hydroxylation is 2. The van der Waals surface area contributed by atoms with Crippen LogP contribution in [0.5, 0.6) is 0 Å². The molecule has 2 aromatic heterocycles. The number of thiophene rings is 1. The minimum absolute atomic E-state index is 0.201. The minimum atomic E-state index is 0.201. The zero-order valence-corrected chi connectivity index (χ0v) is 11.9. The number of fused-ring (bicyclic) bond motifs is 4. The topological polar surface area (TPSA) is 34.9 Å². The van der Waals surface area contributed by atoms with E-state index in [0.29, 0.717) is 0 Å². The largest absolute Gasteiger partial charge is 0.283 e. The Kier molecular flexibility index (Phi) is 2.36. The third-order valence-electron chi connectivity index (χ3n) is 3.88. The Labute approximate surface area is 113 Å². The van der Waals surface area contributed by atoms with E-state index in [9.17, 15) is 4.79 Å². The van der Waals surface area contributed by atoms with Crippen LogP contribution in [0.3, 0.4) is 0 Å². The van der Waals surface area contributed by atoms with Gasteiger partial charge in [0, 0.05) is 16.7 Å². The SMILES string of the molecule is C[C@H]1CSc2nc3sc4c(c3c(=O)n21)CCCC4. The molecular formula is C13H14N2OS2. The summed E-state index contributed by atoms with van der Waals surface area (Å²) >= 11 is 3.45. The Balaban J connectivity index is 2.10. The third kappa shape index (κ3) is 1.37. The predicted molar refractivity (Wildman–Crippen MR) is 76.0 cm³/mol. The first-order chi connectivity index (χ1) is 8.75. The molecule has 94 valence electrons. The molecule has 1 atom stereocenters. The fourth-order valence-electron chi connectivity index (χ4n) is 2.96. The van der Waals surface area contributed by atoms with Crippen LogP contribution in [0.25, 0.3) is 10.2 Å². The summed E-state index contributed by atoms with van der Waals surface area (Å²) in [5.74, 6) is 0.974. The molecular weight excluding hydrogens is 264 g/mol. The molecule has 1 aliphatic carbocycles. The van der Waals surface area contributed by atoms with Crippen molar-refractivity contribution in [2.24, 2.45) is 0 Å². The quantitative estimate of drug-likeness (QED) is 0.695. The summed E-state index contributed by atoms with van der Waals surface area (Å²) in [7, 11) is 0. The highest BCUT2D eigenvalue weighted by Gasteiger charge is 2.27. The third-order valence-corrected chi connectivity index (χ3v) is 6.26. The van der Waals surface area contributed by atoms with Gasteiger partial charge in [0.05, 0.1) is 5.39 Å². The zero-order valence-electron chi connectivity index (χ0n) is 10.2. The van der Waals surface area contributed by atoms with Crippen molar-refractivity contribution in [3.8, 4) is 0 Å². The van der Waals surface area contributed by atoms with E-state index in [1.807, 2.05) is 4.57 Å². The molecule has 18 heavy (non-hydrogen) atoms. The molecule has 2 aromatic rings. The molecule has 4 rings (SSSR count). The molecule has 3 nitrogen and oxygen atoms in total. The van der Waals surface area contributed by atoms with Crippen LogP contribution in [0.15, 0.2) is 9.95 Å². The maximum absolute atomic E-state index is 12.7. The first kappa shape index (κ1) is 11.1. The molecule has 0 radical (unpaired) electrons. The van der Waals surface area contributed by atoms with Gasteiger partial charge < -0.3 is 0 Å². The van der Waals surface area contributed by atoms with E-state index in [2.05, 4.69) is 6.92 Å². The van der Waals surface area contributed by atoms with E-state index in [1.165, 1.54) is 23.3 Å². The summed E-state index contributed by atoms with van der Waals surface area (Å²) in [5, 5.41) is 1.84. The second kappa shape index (κ2) is 3.84. The molecule has 5 heteroatoms. The van der Waals surface area contributed by atoms with Gasteiger partial charge >= 0.3 is 0 Å². The summed E-state index contributed by atoms with van der Waals surface area (Å²) in [6.07, 6.45) is 4.66. The maximum Gasteiger partial charge on any atom is 0.263 e. The van der Waals surface area contributed by atoms with Crippen LogP contribution in [0, 0.1) is 0 Å². The van der Waals surface area contributed by atoms with E-state index in [0.717, 1.165) is 34.0 Å². The molecule has 0 aromatic carbocycles. The average molecular weight is 278 g/mol. The number of hydrogen-bond acceptors (Lipinski definition) is 4. The standard InChI is InChI=1S/C13H14N2OS2/c1-7-6-17-13-14-11-10(12(16)15(7)13)8-4-2-3-5-9(8)18-11/h7H,2-6H2,1H3/t7-/m0/s1. The lowest BCUT2D eigenvalue weighted by Gasteiger charge is -2.11. The number of hydrogen-bond donors (Lipinski definition) is 0. The molecule has 0 amide bonds. The highest BCUT2D eigenvalue weighted by atomic mass is 32.2. The van der Waals surface area contributed by atoms with Crippen molar-refractivity contribution in [2.45, 2.75) is 43.8 Å². The van der Waals surface area contributed by atoms with Crippen molar-refractivity contribution in [2.75, 3.05) is 5.75 Å². The summed E-state index contributed by atoms with van der Waals surface area (Å²) in [6, 6.07) is 0.286. The summed E-state index contributed by atoms with van der Waals surface area (Å²) in [5.41, 5.74) is 1.50. The molecule has 0 bridgehead atoms. The molecule has 0 fully saturated rings. The highest BCUT2D eigenvalue weighted by molar-refractivity contribution is 7.99. The Hall–Kier alpha value is -0.810. The Morgan fingerprint density at radius 3 is 3.06 bits per heavy atom. The fraction of sp³-hybridized carbons (Fsp3) is 0.538. The van der Waals surface area contributed by atoms with Gasteiger partial charge in [-0.05, 0) is 38.2 Å². The fourth-order valence-corrected chi connectivity index (χ4v) is 5.37. The first-order valence-electron chi connectivity index (χ1n) is 6.45. The number of nitrogens with zero attached hydrogens (tertiary/aromatic N) is 2. The number of aromatic nitrogens is 2. The van der Waals surface area contributed by atoms with Gasteiger partial charge in [0.2, 0.25) is 0 Å². The first-order valence-corrected chi connectivity index (χ1v) is 8.25. The van der Waals surface area contributed by atoms with E-state index in [-0.39, 0.29) is 11.6 Å². The highest BCUT2D eigenvalue weighted by Crippen LogP contribution is 2.37. The van der Waals surface area contributed by atoms with E-state index in [4.69, 9.17) is 4.98 Å². The van der Waals surface area contributed by atoms with Crippen LogP contribution < -0.4 is 5.56 Å². The van der Waals surface area contributed by atoms with Gasteiger partial charge in [-0.3, -0.25) is 9.36 Å². The van der Waals surface area contributed by atoms with Gasteiger partial charge in [-0.2, -0.15) is 0 Å². The average Bonchev–Trinajstić information content (AvgIpc) is 2.91. The van der Waals surface area contributed by atoms with Crippen LogP contribution in [0.2, 0.25) is 0 Å². The van der Waals surface area contributed by atoms with Crippen LogP contribution in [-0.2, 0) is 12.8 Å². The van der Waals surface area contributed by atoms with Crippen LogP contribution in [-0.4, -0.2) is 15.3 Å². The number of thioether (sulfide) groups is 1. The molecule has 0 unspecified atom stereocenters. The normalized spacial score (nSPS) is 22.2. The van der Waals surface area contributed by atoms with E-state index < -0.39 is 0 Å². The molecule has 0 spiro atoms. The molecule has 0 saturated heterocycles. The van der Waals surface area contributed by atoms with Gasteiger partial charge in [-0.25, -0.2) is 4.98 Å².